The molecule has 3 unspecified atom stereocenters. The van der Waals surface area contributed by atoms with Crippen molar-refractivity contribution in [3.8, 4) is 5.75 Å². The Hall–Kier alpha value is -2.83. The molecule has 0 bridgehead atoms. The van der Waals surface area contributed by atoms with Crippen LogP contribution in [-0.4, -0.2) is 62.1 Å². The van der Waals surface area contributed by atoms with Gasteiger partial charge in [0.15, 0.2) is 11.9 Å². The molecule has 2 heterocycles. The molecule has 1 aromatic carbocycles. The summed E-state index contributed by atoms with van der Waals surface area (Å²) in [6.45, 7) is 5.45. The quantitative estimate of drug-likeness (QED) is 0.245. The number of hydrogen-bond donors (Lipinski definition) is 2. The van der Waals surface area contributed by atoms with Crippen LogP contribution in [0, 0.1) is 0 Å². The largest absolute Gasteiger partial charge is 0.461 e. The summed E-state index contributed by atoms with van der Waals surface area (Å²) in [4.78, 5) is 44.6. The van der Waals surface area contributed by atoms with Gasteiger partial charge in [-0.25, -0.2) is 9.18 Å². The Morgan fingerprint density at radius 2 is 1.97 bits per heavy atom. The fraction of sp³-hybridized carbons (Fsp3) is 0.522. The molecule has 1 fully saturated rings. The van der Waals surface area contributed by atoms with Crippen LogP contribution in [0.25, 0.3) is 0 Å². The van der Waals surface area contributed by atoms with Crippen molar-refractivity contribution in [1.29, 1.82) is 0 Å². The maximum absolute atomic E-state index is 15.4. The summed E-state index contributed by atoms with van der Waals surface area (Å²) in [5.74, 6) is -0.420. The lowest BCUT2D eigenvalue weighted by atomic mass is 9.98. The van der Waals surface area contributed by atoms with Crippen molar-refractivity contribution in [2.75, 3.05) is 6.61 Å². The van der Waals surface area contributed by atoms with Gasteiger partial charge in [-0.15, -0.1) is 0 Å². The Morgan fingerprint density at radius 1 is 1.30 bits per heavy atom. The molecule has 7 atom stereocenters. The number of para-hydroxylation sites is 1. The van der Waals surface area contributed by atoms with Gasteiger partial charge in [-0.2, -0.15) is 0 Å². The van der Waals surface area contributed by atoms with Crippen molar-refractivity contribution in [3.63, 3.8) is 0 Å². The zero-order valence-electron chi connectivity index (χ0n) is 20.8. The molecule has 37 heavy (non-hydrogen) atoms. The Morgan fingerprint density at radius 3 is 2.59 bits per heavy atom. The molecule has 1 aromatic heterocycles. The highest BCUT2D eigenvalue weighted by atomic mass is 31.1. The van der Waals surface area contributed by atoms with Crippen molar-refractivity contribution >= 4 is 14.1 Å². The number of benzene rings is 1. The van der Waals surface area contributed by atoms with Gasteiger partial charge >= 0.3 is 11.7 Å². The van der Waals surface area contributed by atoms with Gasteiger partial charge in [0.05, 0.1) is 12.7 Å². The van der Waals surface area contributed by atoms with E-state index >= 15 is 4.39 Å². The number of carbonyl (C=O) groups is 1. The molecular weight excluding hydrogens is 512 g/mol. The van der Waals surface area contributed by atoms with Crippen LogP contribution < -0.4 is 16.1 Å². The fourth-order valence-electron chi connectivity index (χ4n) is 3.52. The number of nitrogens with zero attached hydrogens (tertiary/aromatic N) is 2. The molecule has 0 amide bonds. The average Bonchev–Trinajstić information content (AvgIpc) is 3.09. The molecule has 3 rings (SSSR count). The van der Waals surface area contributed by atoms with E-state index in [1.54, 1.807) is 37.3 Å². The summed E-state index contributed by atoms with van der Waals surface area (Å²) in [5, 5.41) is 10.5. The van der Waals surface area contributed by atoms with Crippen molar-refractivity contribution in [3.05, 3.63) is 63.4 Å². The van der Waals surface area contributed by atoms with Gasteiger partial charge in [0.2, 0.25) is 0 Å². The Bertz CT molecular complexity index is 1210. The Balaban J connectivity index is 1.75. The number of rotatable bonds is 11. The normalized spacial score (nSPS) is 26.0. The second-order valence-corrected chi connectivity index (χ2v) is 10.0. The Kier molecular flexibility index (Phi) is 9.43. The van der Waals surface area contributed by atoms with Crippen LogP contribution in [-0.2, 0) is 23.4 Å². The number of ether oxygens (including phenoxy) is 2. The van der Waals surface area contributed by atoms with Crippen LogP contribution in [0.15, 0.2) is 52.2 Å². The number of aliphatic hydroxyl groups is 1. The zero-order valence-corrected chi connectivity index (χ0v) is 21.8. The second kappa shape index (κ2) is 12.1. The summed E-state index contributed by atoms with van der Waals surface area (Å²) >= 11 is 0. The van der Waals surface area contributed by atoms with E-state index in [-0.39, 0.29) is 11.9 Å². The molecule has 0 aliphatic carbocycles. The number of aromatic nitrogens is 2. The molecule has 0 saturated carbocycles. The summed E-state index contributed by atoms with van der Waals surface area (Å²) in [6, 6.07) is 8.13. The predicted octanol–water partition coefficient (Wildman–Crippen LogP) is 1.96. The highest BCUT2D eigenvalue weighted by Gasteiger charge is 2.55. The minimum absolute atomic E-state index is 0.277. The molecule has 204 valence electrons. The lowest BCUT2D eigenvalue weighted by Gasteiger charge is -2.27. The van der Waals surface area contributed by atoms with Crippen molar-refractivity contribution < 1.29 is 37.7 Å². The number of halogens is 1. The third-order valence-corrected chi connectivity index (χ3v) is 7.16. The number of alkyl halides is 1. The van der Waals surface area contributed by atoms with Gasteiger partial charge in [-0.1, -0.05) is 30.0 Å². The van der Waals surface area contributed by atoms with Gasteiger partial charge in [-0.3, -0.25) is 23.7 Å². The van der Waals surface area contributed by atoms with Crippen molar-refractivity contribution in [1.82, 2.24) is 14.4 Å². The number of nitrogens with one attached hydrogen (secondary N) is 1. The number of esters is 1. The van der Waals surface area contributed by atoms with Gasteiger partial charge in [-0.05, 0) is 39.3 Å². The highest BCUT2D eigenvalue weighted by Crippen LogP contribution is 2.42. The maximum atomic E-state index is 15.4. The number of carbonyl (C=O) groups excluding carboxylic acids is 1. The van der Waals surface area contributed by atoms with E-state index in [4.69, 9.17) is 18.8 Å². The van der Waals surface area contributed by atoms with Crippen LogP contribution in [0.4, 0.5) is 4.39 Å². The molecule has 0 radical (unpaired) electrons. The predicted molar refractivity (Wildman–Crippen MR) is 130 cm³/mol. The minimum Gasteiger partial charge on any atom is -0.461 e. The van der Waals surface area contributed by atoms with Gasteiger partial charge in [0.25, 0.3) is 13.7 Å². The van der Waals surface area contributed by atoms with Crippen molar-refractivity contribution in [2.45, 2.75) is 70.4 Å². The third kappa shape index (κ3) is 6.74. The van der Waals surface area contributed by atoms with E-state index in [0.29, 0.717) is 6.42 Å². The van der Waals surface area contributed by atoms with Gasteiger partial charge in [0, 0.05) is 12.3 Å². The molecule has 14 heteroatoms. The number of H-pyrrole nitrogens is 1. The summed E-state index contributed by atoms with van der Waals surface area (Å²) in [5.41, 5.74) is -4.07. The third-order valence-electron chi connectivity index (χ3n) is 5.90. The standard InChI is InChI=1S/C23H31FN3O9P/c1-5-14(2)34-20(30)15(3)27(36-16-9-7-6-8-10-16)37(32)33-13-17-19(29)23(4,24)21(35-17)26-12-11-18(28)25-22(26)31/h6-12,14-15,17,19,21,29,37H,5,13H2,1-4H3,(H,25,28,31)/t14?,15?,17-,19-,21-,23-/m1/s1. The first-order chi connectivity index (χ1) is 17.4. The maximum Gasteiger partial charge on any atom is 0.330 e. The first kappa shape index (κ1) is 28.7. The SMILES string of the molecule is CCC(C)OC(=O)C(C)N(Oc1ccccc1)[PH](=O)OC[C@H]1O[C@@H](n2ccc(=O)[nH]c2=O)[C@](C)(F)[C@@H]1O. The second-order valence-electron chi connectivity index (χ2n) is 8.78. The summed E-state index contributed by atoms with van der Waals surface area (Å²) in [6.07, 6.45) is -3.47. The minimum atomic E-state index is -3.32. The van der Waals surface area contributed by atoms with Crippen LogP contribution in [0.1, 0.15) is 40.3 Å². The smallest absolute Gasteiger partial charge is 0.330 e. The molecular formula is C23H31FN3O9P. The Labute approximate surface area is 212 Å². The number of aromatic amines is 1. The highest BCUT2D eigenvalue weighted by molar-refractivity contribution is 7.36. The van der Waals surface area contributed by atoms with Gasteiger partial charge in [0.1, 0.15) is 24.0 Å². The monoisotopic (exact) mass is 543 g/mol. The fourth-order valence-corrected chi connectivity index (χ4v) is 4.56. The molecule has 1 aliphatic heterocycles. The first-order valence-corrected chi connectivity index (χ1v) is 13.0. The van der Waals surface area contributed by atoms with Crippen molar-refractivity contribution in [2.24, 2.45) is 0 Å². The van der Waals surface area contributed by atoms with E-state index in [1.807, 2.05) is 11.9 Å². The lowest BCUT2D eigenvalue weighted by Crippen LogP contribution is -2.43. The van der Waals surface area contributed by atoms with Crippen LogP contribution >= 0.6 is 8.18 Å². The van der Waals surface area contributed by atoms with E-state index in [9.17, 15) is 24.1 Å². The molecule has 2 aromatic rings. The zero-order chi connectivity index (χ0) is 27.3. The summed E-state index contributed by atoms with van der Waals surface area (Å²) in [7, 11) is -3.32. The number of hydroxylamine groups is 1. The van der Waals surface area contributed by atoms with E-state index in [1.165, 1.54) is 6.92 Å². The molecule has 12 nitrogen and oxygen atoms in total. The average molecular weight is 543 g/mol. The van der Waals surface area contributed by atoms with Crippen LogP contribution in [0.5, 0.6) is 5.75 Å². The van der Waals surface area contributed by atoms with E-state index < -0.39 is 62.2 Å². The van der Waals surface area contributed by atoms with E-state index in [0.717, 1.165) is 28.6 Å². The lowest BCUT2D eigenvalue weighted by molar-refractivity contribution is -0.159. The molecule has 2 N–H and O–H groups in total. The van der Waals surface area contributed by atoms with E-state index in [2.05, 4.69) is 0 Å². The summed E-state index contributed by atoms with van der Waals surface area (Å²) < 4.78 is 45.6. The molecule has 1 saturated heterocycles. The molecule has 1 aliphatic rings. The number of aliphatic hydroxyl groups excluding tert-OH is 1. The number of hydrogen-bond acceptors (Lipinski definition) is 9. The van der Waals surface area contributed by atoms with Crippen LogP contribution in [0.3, 0.4) is 0 Å². The van der Waals surface area contributed by atoms with Crippen LogP contribution in [0.2, 0.25) is 0 Å². The first-order valence-electron chi connectivity index (χ1n) is 11.7. The molecule has 0 spiro atoms. The van der Waals surface area contributed by atoms with Gasteiger partial charge < -0.3 is 23.9 Å². The topological polar surface area (TPSA) is 149 Å².